The number of carbonyl (C=O) groups excluding carboxylic acids is 2. The molecule has 3 aliphatic rings. The van der Waals surface area contributed by atoms with E-state index < -0.39 is 11.6 Å². The SMILES string of the molecule is COc1ccc2[nH]c3c(c2c1)C[C@@]1(C)C(=O)N(CCCN2CCOCC2)C(=O)N1C3c1cccc(O)c1. The fraction of sp³-hybridized carbons (Fsp3) is 0.429. The number of hydrogen-bond acceptors (Lipinski definition) is 6. The van der Waals surface area contributed by atoms with Crippen molar-refractivity contribution in [3.8, 4) is 11.5 Å². The summed E-state index contributed by atoms with van der Waals surface area (Å²) in [5, 5.41) is 11.3. The van der Waals surface area contributed by atoms with Crippen LogP contribution in [0.3, 0.4) is 0 Å². The molecule has 9 heteroatoms. The second-order valence-electron chi connectivity index (χ2n) is 10.3. The number of phenolic OH excluding ortho intramolecular Hbond substituents is 1. The van der Waals surface area contributed by atoms with Crippen LogP contribution in [0.5, 0.6) is 11.5 Å². The van der Waals surface area contributed by atoms with Crippen molar-refractivity contribution in [3.05, 3.63) is 59.3 Å². The number of phenols is 1. The van der Waals surface area contributed by atoms with Crippen molar-refractivity contribution >= 4 is 22.8 Å². The smallest absolute Gasteiger partial charge is 0.328 e. The minimum atomic E-state index is -1.04. The third kappa shape index (κ3) is 3.84. The van der Waals surface area contributed by atoms with Crippen LogP contribution in [0.1, 0.15) is 36.2 Å². The number of amides is 3. The quantitative estimate of drug-likeness (QED) is 0.500. The van der Waals surface area contributed by atoms with Crippen LogP contribution < -0.4 is 4.74 Å². The van der Waals surface area contributed by atoms with E-state index >= 15 is 0 Å². The number of benzene rings is 2. The highest BCUT2D eigenvalue weighted by molar-refractivity contribution is 6.08. The van der Waals surface area contributed by atoms with Gasteiger partial charge in [-0.15, -0.1) is 0 Å². The van der Waals surface area contributed by atoms with Crippen LogP contribution in [0.25, 0.3) is 10.9 Å². The number of fused-ring (bicyclic) bond motifs is 4. The first kappa shape index (κ1) is 23.8. The van der Waals surface area contributed by atoms with E-state index in [1.54, 1.807) is 30.2 Å². The fourth-order valence-corrected chi connectivity index (χ4v) is 6.13. The molecule has 0 radical (unpaired) electrons. The Kier molecular flexibility index (Phi) is 5.84. The number of urea groups is 1. The van der Waals surface area contributed by atoms with Crippen molar-refractivity contribution < 1.29 is 24.2 Å². The summed E-state index contributed by atoms with van der Waals surface area (Å²) >= 11 is 0. The lowest BCUT2D eigenvalue weighted by atomic mass is 9.81. The van der Waals surface area contributed by atoms with Crippen molar-refractivity contribution in [1.29, 1.82) is 0 Å². The van der Waals surface area contributed by atoms with Crippen LogP contribution in [0.2, 0.25) is 0 Å². The van der Waals surface area contributed by atoms with Gasteiger partial charge in [-0.25, -0.2) is 4.79 Å². The minimum Gasteiger partial charge on any atom is -0.508 e. The van der Waals surface area contributed by atoms with Crippen LogP contribution in [-0.4, -0.2) is 88.8 Å². The maximum atomic E-state index is 13.9. The summed E-state index contributed by atoms with van der Waals surface area (Å²) in [5.74, 6) is 0.673. The van der Waals surface area contributed by atoms with Gasteiger partial charge in [0.2, 0.25) is 0 Å². The number of nitrogens with zero attached hydrogens (tertiary/aromatic N) is 3. The van der Waals surface area contributed by atoms with Crippen molar-refractivity contribution in [3.63, 3.8) is 0 Å². The van der Waals surface area contributed by atoms with Gasteiger partial charge in [0, 0.05) is 49.2 Å². The predicted molar refractivity (Wildman–Crippen MR) is 138 cm³/mol. The third-order valence-corrected chi connectivity index (χ3v) is 8.02. The fourth-order valence-electron chi connectivity index (χ4n) is 6.13. The van der Waals surface area contributed by atoms with Gasteiger partial charge >= 0.3 is 6.03 Å². The molecule has 2 aromatic carbocycles. The number of H-pyrrole nitrogens is 1. The summed E-state index contributed by atoms with van der Waals surface area (Å²) in [6.45, 7) is 6.23. The molecule has 194 valence electrons. The van der Waals surface area contributed by atoms with Crippen LogP contribution in [0.4, 0.5) is 4.79 Å². The number of methoxy groups -OCH3 is 1. The Balaban J connectivity index is 1.39. The molecule has 3 aliphatic heterocycles. The number of rotatable bonds is 6. The van der Waals surface area contributed by atoms with Gasteiger partial charge in [0.05, 0.1) is 20.3 Å². The maximum Gasteiger partial charge on any atom is 0.328 e. The Labute approximate surface area is 215 Å². The average Bonchev–Trinajstić information content (AvgIpc) is 3.35. The van der Waals surface area contributed by atoms with Gasteiger partial charge in [-0.2, -0.15) is 0 Å². The van der Waals surface area contributed by atoms with E-state index in [0.717, 1.165) is 66.3 Å². The van der Waals surface area contributed by atoms with E-state index in [0.29, 0.717) is 19.4 Å². The Morgan fingerprint density at radius 1 is 1.14 bits per heavy atom. The molecule has 2 saturated heterocycles. The number of aromatic nitrogens is 1. The second-order valence-corrected chi connectivity index (χ2v) is 10.3. The molecule has 0 bridgehead atoms. The summed E-state index contributed by atoms with van der Waals surface area (Å²) in [5.41, 5.74) is 2.49. The van der Waals surface area contributed by atoms with E-state index in [4.69, 9.17) is 9.47 Å². The first-order chi connectivity index (χ1) is 17.9. The molecule has 0 spiro atoms. The van der Waals surface area contributed by atoms with Crippen LogP contribution in [0, 0.1) is 0 Å². The molecule has 3 aromatic rings. The topological polar surface area (TPSA) is 98.3 Å². The van der Waals surface area contributed by atoms with Crippen molar-refractivity contribution in [2.75, 3.05) is 46.5 Å². The summed E-state index contributed by atoms with van der Waals surface area (Å²) in [7, 11) is 1.63. The molecule has 1 unspecified atom stereocenters. The molecule has 4 heterocycles. The molecule has 2 fully saturated rings. The summed E-state index contributed by atoms with van der Waals surface area (Å²) in [6.07, 6.45) is 1.11. The summed E-state index contributed by atoms with van der Waals surface area (Å²) in [6, 6.07) is 11.9. The molecule has 2 N–H and O–H groups in total. The molecule has 37 heavy (non-hydrogen) atoms. The first-order valence-corrected chi connectivity index (χ1v) is 12.8. The number of carbonyl (C=O) groups is 2. The van der Waals surface area contributed by atoms with Crippen LogP contribution >= 0.6 is 0 Å². The number of hydrogen-bond donors (Lipinski definition) is 2. The van der Waals surface area contributed by atoms with Gasteiger partial charge in [-0.3, -0.25) is 19.5 Å². The van der Waals surface area contributed by atoms with Gasteiger partial charge in [-0.05, 0) is 54.8 Å². The Bertz CT molecular complexity index is 1360. The maximum absolute atomic E-state index is 13.9. The van der Waals surface area contributed by atoms with E-state index in [2.05, 4.69) is 9.88 Å². The van der Waals surface area contributed by atoms with Crippen molar-refractivity contribution in [1.82, 2.24) is 19.7 Å². The molecule has 9 nitrogen and oxygen atoms in total. The molecule has 2 atom stereocenters. The lowest BCUT2D eigenvalue weighted by Crippen LogP contribution is -2.53. The molecular formula is C28H32N4O5. The zero-order chi connectivity index (χ0) is 25.7. The molecular weight excluding hydrogens is 472 g/mol. The molecule has 1 aromatic heterocycles. The highest BCUT2D eigenvalue weighted by Crippen LogP contribution is 2.49. The van der Waals surface area contributed by atoms with Crippen LogP contribution in [-0.2, 0) is 16.0 Å². The number of nitrogens with one attached hydrogen (secondary N) is 1. The van der Waals surface area contributed by atoms with Gasteiger partial charge in [-0.1, -0.05) is 12.1 Å². The number of imide groups is 1. The average molecular weight is 505 g/mol. The van der Waals surface area contributed by atoms with E-state index in [-0.39, 0.29) is 17.7 Å². The largest absolute Gasteiger partial charge is 0.508 e. The molecule has 0 saturated carbocycles. The second kappa shape index (κ2) is 9.08. The highest BCUT2D eigenvalue weighted by atomic mass is 16.5. The summed E-state index contributed by atoms with van der Waals surface area (Å²) in [4.78, 5) is 36.8. The third-order valence-electron chi connectivity index (χ3n) is 8.02. The van der Waals surface area contributed by atoms with Gasteiger partial charge in [0.1, 0.15) is 23.1 Å². The Morgan fingerprint density at radius 3 is 2.70 bits per heavy atom. The van der Waals surface area contributed by atoms with Gasteiger partial charge in [0.15, 0.2) is 0 Å². The normalized spacial score (nSPS) is 24.0. The first-order valence-electron chi connectivity index (χ1n) is 12.8. The van der Waals surface area contributed by atoms with Crippen LogP contribution in [0.15, 0.2) is 42.5 Å². The van der Waals surface area contributed by atoms with Crippen molar-refractivity contribution in [2.24, 2.45) is 0 Å². The van der Waals surface area contributed by atoms with Gasteiger partial charge < -0.3 is 19.6 Å². The monoisotopic (exact) mass is 504 g/mol. The standard InChI is InChI=1S/C28H32N4O5/c1-28-17-22-21-16-20(36-2)7-8-23(21)29-24(22)25(18-5-3-6-19(33)15-18)32(28)27(35)31(26(28)34)10-4-9-30-11-13-37-14-12-30/h3,5-8,15-16,25,29,33H,4,9-14,17H2,1-2H3/t25?,28-/m0/s1. The lowest BCUT2D eigenvalue weighted by Gasteiger charge is -2.42. The molecule has 0 aliphatic carbocycles. The number of aromatic hydroxyl groups is 1. The van der Waals surface area contributed by atoms with E-state index in [9.17, 15) is 14.7 Å². The zero-order valence-electron chi connectivity index (χ0n) is 21.2. The summed E-state index contributed by atoms with van der Waals surface area (Å²) < 4.78 is 10.9. The number of morpholine rings is 1. The van der Waals surface area contributed by atoms with E-state index in [1.807, 2.05) is 31.2 Å². The predicted octanol–water partition coefficient (Wildman–Crippen LogP) is 3.27. The van der Waals surface area contributed by atoms with E-state index in [1.165, 1.54) is 4.90 Å². The minimum absolute atomic E-state index is 0.115. The number of aromatic amines is 1. The zero-order valence-corrected chi connectivity index (χ0v) is 21.2. The highest BCUT2D eigenvalue weighted by Gasteiger charge is 2.60. The molecule has 3 amide bonds. The number of ether oxygens (including phenoxy) is 2. The lowest BCUT2D eigenvalue weighted by molar-refractivity contribution is -0.133. The Hall–Kier alpha value is -3.56. The molecule has 6 rings (SSSR count). The van der Waals surface area contributed by atoms with Gasteiger partial charge in [0.25, 0.3) is 5.91 Å². The Morgan fingerprint density at radius 2 is 1.95 bits per heavy atom. The van der Waals surface area contributed by atoms with Crippen molar-refractivity contribution in [2.45, 2.75) is 31.3 Å².